The van der Waals surface area contributed by atoms with Gasteiger partial charge in [-0.25, -0.2) is 0 Å². The maximum atomic E-state index is 6.20. The van der Waals surface area contributed by atoms with E-state index in [4.69, 9.17) is 11.6 Å². The second-order valence-corrected chi connectivity index (χ2v) is 6.75. The van der Waals surface area contributed by atoms with Crippen LogP contribution in [0.25, 0.3) is 0 Å². The van der Waals surface area contributed by atoms with E-state index in [9.17, 15) is 0 Å². The smallest absolute Gasteiger partial charge is 0.0339 e. The first-order valence-electron chi connectivity index (χ1n) is 6.33. The minimum absolute atomic E-state index is 0.411. The lowest BCUT2D eigenvalue weighted by molar-refractivity contribution is 0.346. The largest absolute Gasteiger partial charge is 0.312 e. The lowest BCUT2D eigenvalue weighted by Crippen LogP contribution is -2.27. The maximum absolute atomic E-state index is 6.20. The molecule has 94 valence electrons. The minimum atomic E-state index is 0.411. The Morgan fingerprint density at radius 2 is 2.00 bits per heavy atom. The molecule has 1 saturated carbocycles. The summed E-state index contributed by atoms with van der Waals surface area (Å²) in [5, 5.41) is 3.96. The predicted octanol–water partition coefficient (Wildman–Crippen LogP) is 4.18. The van der Waals surface area contributed by atoms with Gasteiger partial charge >= 0.3 is 0 Å². The fourth-order valence-corrected chi connectivity index (χ4v) is 3.20. The number of rotatable bonds is 4. The van der Waals surface area contributed by atoms with Crippen LogP contribution in [0, 0.1) is 9.49 Å². The van der Waals surface area contributed by atoms with Gasteiger partial charge in [0.25, 0.3) is 0 Å². The number of benzene rings is 1. The zero-order valence-corrected chi connectivity index (χ0v) is 12.9. The zero-order valence-electron chi connectivity index (χ0n) is 9.96. The molecule has 1 fully saturated rings. The molecule has 1 nitrogen and oxygen atoms in total. The van der Waals surface area contributed by atoms with E-state index >= 15 is 0 Å². The van der Waals surface area contributed by atoms with Crippen molar-refractivity contribution in [2.45, 2.75) is 37.6 Å². The Hall–Kier alpha value is 0.200. The highest BCUT2D eigenvalue weighted by atomic mass is 127. The quantitative estimate of drug-likeness (QED) is 0.625. The van der Waals surface area contributed by atoms with Crippen LogP contribution >= 0.6 is 34.2 Å². The van der Waals surface area contributed by atoms with Crippen molar-refractivity contribution >= 4 is 34.2 Å². The van der Waals surface area contributed by atoms with Gasteiger partial charge in [-0.05, 0) is 72.0 Å². The molecule has 1 aliphatic rings. The van der Waals surface area contributed by atoms with E-state index in [1.54, 1.807) is 0 Å². The average molecular weight is 364 g/mol. The third kappa shape index (κ3) is 4.76. The Bertz CT molecular complexity index is 339. The summed E-state index contributed by atoms with van der Waals surface area (Å²) in [7, 11) is 0. The predicted molar refractivity (Wildman–Crippen MR) is 82.5 cm³/mol. The summed E-state index contributed by atoms with van der Waals surface area (Å²) in [6.07, 6.45) is 5.02. The summed E-state index contributed by atoms with van der Waals surface area (Å²) >= 11 is 8.53. The Morgan fingerprint density at radius 3 is 2.71 bits per heavy atom. The van der Waals surface area contributed by atoms with Crippen molar-refractivity contribution < 1.29 is 0 Å². The van der Waals surface area contributed by atoms with Gasteiger partial charge in [0.2, 0.25) is 0 Å². The maximum Gasteiger partial charge on any atom is 0.0339 e. The fraction of sp³-hybridized carbons (Fsp3) is 0.571. The van der Waals surface area contributed by atoms with Gasteiger partial charge in [0, 0.05) is 15.5 Å². The van der Waals surface area contributed by atoms with Crippen LogP contribution < -0.4 is 5.32 Å². The molecule has 3 heteroatoms. The molecule has 1 aliphatic carbocycles. The molecule has 0 saturated heterocycles. The monoisotopic (exact) mass is 363 g/mol. The van der Waals surface area contributed by atoms with E-state index in [0.29, 0.717) is 5.38 Å². The fourth-order valence-electron chi connectivity index (χ4n) is 2.43. The first kappa shape index (κ1) is 13.6. The van der Waals surface area contributed by atoms with Crippen molar-refractivity contribution in [3.63, 3.8) is 0 Å². The van der Waals surface area contributed by atoms with Crippen LogP contribution in [0.3, 0.4) is 0 Å². The second-order valence-electron chi connectivity index (χ2n) is 4.89. The number of halogens is 2. The van der Waals surface area contributed by atoms with E-state index < -0.39 is 0 Å². The van der Waals surface area contributed by atoms with Crippen LogP contribution in [0.15, 0.2) is 24.3 Å². The molecule has 0 aliphatic heterocycles. The SMILES string of the molecule is ClC1CCCC(CNCc2ccc(I)cc2)C1. The van der Waals surface area contributed by atoms with Crippen molar-refractivity contribution in [3.05, 3.63) is 33.4 Å². The molecule has 0 amide bonds. The Morgan fingerprint density at radius 1 is 1.24 bits per heavy atom. The van der Waals surface area contributed by atoms with E-state index in [0.717, 1.165) is 19.0 Å². The molecule has 2 atom stereocenters. The lowest BCUT2D eigenvalue weighted by atomic mass is 9.89. The van der Waals surface area contributed by atoms with E-state index in [1.165, 1.54) is 34.8 Å². The molecule has 17 heavy (non-hydrogen) atoms. The zero-order chi connectivity index (χ0) is 12.1. The molecule has 0 spiro atoms. The molecular formula is C14H19ClIN. The van der Waals surface area contributed by atoms with Gasteiger partial charge < -0.3 is 5.32 Å². The van der Waals surface area contributed by atoms with Crippen LogP contribution in [-0.2, 0) is 6.54 Å². The molecule has 2 rings (SSSR count). The van der Waals surface area contributed by atoms with Gasteiger partial charge in [0.05, 0.1) is 0 Å². The Balaban J connectivity index is 1.70. The summed E-state index contributed by atoms with van der Waals surface area (Å²) in [4.78, 5) is 0. The van der Waals surface area contributed by atoms with Crippen LogP contribution in [0.1, 0.15) is 31.2 Å². The van der Waals surface area contributed by atoms with Crippen molar-refractivity contribution in [3.8, 4) is 0 Å². The molecule has 1 aromatic carbocycles. The number of alkyl halides is 1. The third-order valence-corrected chi connectivity index (χ3v) is 4.51. The molecule has 0 bridgehead atoms. The molecule has 0 radical (unpaired) electrons. The highest BCUT2D eigenvalue weighted by Crippen LogP contribution is 2.27. The highest BCUT2D eigenvalue weighted by Gasteiger charge is 2.19. The normalized spacial score (nSPS) is 24.8. The van der Waals surface area contributed by atoms with Crippen LogP contribution in [-0.4, -0.2) is 11.9 Å². The summed E-state index contributed by atoms with van der Waals surface area (Å²) < 4.78 is 1.30. The van der Waals surface area contributed by atoms with Crippen LogP contribution in [0.5, 0.6) is 0 Å². The average Bonchev–Trinajstić information content (AvgIpc) is 2.32. The first-order chi connectivity index (χ1) is 8.24. The molecule has 1 N–H and O–H groups in total. The number of nitrogens with one attached hydrogen (secondary N) is 1. The van der Waals surface area contributed by atoms with E-state index in [-0.39, 0.29) is 0 Å². The summed E-state index contributed by atoms with van der Waals surface area (Å²) in [6, 6.07) is 8.71. The van der Waals surface area contributed by atoms with Gasteiger partial charge in [-0.15, -0.1) is 11.6 Å². The Kier molecular flexibility index (Phi) is 5.57. The summed E-state index contributed by atoms with van der Waals surface area (Å²) in [5.41, 5.74) is 1.36. The van der Waals surface area contributed by atoms with Crippen molar-refractivity contribution in [2.24, 2.45) is 5.92 Å². The van der Waals surface area contributed by atoms with Gasteiger partial charge in [-0.3, -0.25) is 0 Å². The molecular weight excluding hydrogens is 345 g/mol. The highest BCUT2D eigenvalue weighted by molar-refractivity contribution is 14.1. The Labute approximate surface area is 122 Å². The molecule has 0 aromatic heterocycles. The molecule has 0 heterocycles. The van der Waals surface area contributed by atoms with Crippen LogP contribution in [0.2, 0.25) is 0 Å². The van der Waals surface area contributed by atoms with Crippen molar-refractivity contribution in [1.82, 2.24) is 5.32 Å². The minimum Gasteiger partial charge on any atom is -0.312 e. The van der Waals surface area contributed by atoms with E-state index in [2.05, 4.69) is 52.2 Å². The third-order valence-electron chi connectivity index (χ3n) is 3.39. The lowest BCUT2D eigenvalue weighted by Gasteiger charge is -2.25. The van der Waals surface area contributed by atoms with Gasteiger partial charge in [-0.2, -0.15) is 0 Å². The summed E-state index contributed by atoms with van der Waals surface area (Å²) in [5.74, 6) is 0.773. The first-order valence-corrected chi connectivity index (χ1v) is 7.85. The number of hydrogen-bond acceptors (Lipinski definition) is 1. The molecule has 2 unspecified atom stereocenters. The van der Waals surface area contributed by atoms with Crippen LogP contribution in [0.4, 0.5) is 0 Å². The van der Waals surface area contributed by atoms with Crippen molar-refractivity contribution in [2.75, 3.05) is 6.54 Å². The number of hydrogen-bond donors (Lipinski definition) is 1. The van der Waals surface area contributed by atoms with Gasteiger partial charge in [0.15, 0.2) is 0 Å². The molecule has 1 aromatic rings. The standard InChI is InChI=1S/C14H19ClIN/c15-13-3-1-2-12(8-13)10-17-9-11-4-6-14(16)7-5-11/h4-7,12-13,17H,1-3,8-10H2. The topological polar surface area (TPSA) is 12.0 Å². The van der Waals surface area contributed by atoms with Crippen molar-refractivity contribution in [1.29, 1.82) is 0 Å². The second kappa shape index (κ2) is 6.95. The van der Waals surface area contributed by atoms with E-state index in [1.807, 2.05) is 0 Å². The van der Waals surface area contributed by atoms with Gasteiger partial charge in [0.1, 0.15) is 0 Å². The summed E-state index contributed by atoms with van der Waals surface area (Å²) in [6.45, 7) is 2.08. The van der Waals surface area contributed by atoms with Gasteiger partial charge in [-0.1, -0.05) is 18.6 Å².